The summed E-state index contributed by atoms with van der Waals surface area (Å²) in [4.78, 5) is 10.1. The third kappa shape index (κ3) is 3.05. The molecule has 1 aromatic carbocycles. The molecular weight excluding hydrogens is 272 g/mol. The lowest BCUT2D eigenvalue weighted by Gasteiger charge is -1.99. The molecular formula is C11H10N2O5S+2. The van der Waals surface area contributed by atoms with Gasteiger partial charge in [-0.2, -0.15) is 8.42 Å². The third-order valence-electron chi connectivity index (χ3n) is 2.22. The van der Waals surface area contributed by atoms with Gasteiger partial charge in [0.15, 0.2) is 0 Å². The Morgan fingerprint density at radius 2 is 1.63 bits per heavy atom. The van der Waals surface area contributed by atoms with Gasteiger partial charge in [-0.3, -0.25) is 0 Å². The van der Waals surface area contributed by atoms with Gasteiger partial charge >= 0.3 is 15.8 Å². The summed E-state index contributed by atoms with van der Waals surface area (Å²) in [7, 11) is -4.00. The summed E-state index contributed by atoms with van der Waals surface area (Å²) in [5, 5.41) is 8.65. The Bertz CT molecular complexity index is 683. The highest BCUT2D eigenvalue weighted by atomic mass is 32.2. The molecule has 0 aliphatic carbocycles. The van der Waals surface area contributed by atoms with E-state index < -0.39 is 10.1 Å². The van der Waals surface area contributed by atoms with Crippen molar-refractivity contribution in [2.75, 3.05) is 0 Å². The largest absolute Gasteiger partial charge is 0.396 e. The van der Waals surface area contributed by atoms with Gasteiger partial charge in [-0.05, 0) is 12.1 Å². The predicted molar refractivity (Wildman–Crippen MR) is 61.9 cm³/mol. The molecule has 0 amide bonds. The maximum atomic E-state index is 11.9. The van der Waals surface area contributed by atoms with Gasteiger partial charge in [0, 0.05) is 29.0 Å². The zero-order valence-corrected chi connectivity index (χ0v) is 10.4. The van der Waals surface area contributed by atoms with Crippen LogP contribution in [0.3, 0.4) is 0 Å². The van der Waals surface area contributed by atoms with E-state index in [-0.39, 0.29) is 15.5 Å². The van der Waals surface area contributed by atoms with Crippen LogP contribution in [0.5, 0.6) is 0 Å². The highest BCUT2D eigenvalue weighted by Crippen LogP contribution is 2.15. The van der Waals surface area contributed by atoms with Crippen molar-refractivity contribution >= 4 is 15.8 Å². The molecule has 0 spiro atoms. The summed E-state index contributed by atoms with van der Waals surface area (Å²) >= 11 is 0. The molecule has 8 heteroatoms. The first kappa shape index (κ1) is 13.0. The number of nitrogens with zero attached hydrogens (tertiary/aromatic N) is 2. The molecule has 1 heterocycles. The van der Waals surface area contributed by atoms with E-state index >= 15 is 0 Å². The maximum Gasteiger partial charge on any atom is 0.396 e. The summed E-state index contributed by atoms with van der Waals surface area (Å²) in [5.74, 6) is 0. The van der Waals surface area contributed by atoms with Crippen LogP contribution in [-0.4, -0.2) is 18.5 Å². The summed E-state index contributed by atoms with van der Waals surface area (Å²) in [5.41, 5.74) is -0.0775. The minimum atomic E-state index is -4.00. The van der Waals surface area contributed by atoms with E-state index in [1.165, 1.54) is 24.5 Å². The van der Waals surface area contributed by atoms with E-state index in [0.29, 0.717) is 0 Å². The van der Waals surface area contributed by atoms with Gasteiger partial charge in [0.25, 0.3) is 4.92 Å². The van der Waals surface area contributed by atoms with Gasteiger partial charge in [-0.1, -0.05) is 6.07 Å². The molecule has 0 fully saturated rings. The highest BCUT2D eigenvalue weighted by Gasteiger charge is 2.23. The fourth-order valence-electron chi connectivity index (χ4n) is 1.33. The van der Waals surface area contributed by atoms with Crippen molar-refractivity contribution in [2.45, 2.75) is 4.90 Å². The van der Waals surface area contributed by atoms with Gasteiger partial charge < -0.3 is 0 Å². The molecule has 0 aliphatic rings. The molecule has 0 unspecified atom stereocenters. The summed E-state index contributed by atoms with van der Waals surface area (Å²) < 4.78 is 29.6. The fourth-order valence-corrected chi connectivity index (χ4v) is 2.21. The molecule has 0 atom stereocenters. The first-order valence-corrected chi connectivity index (χ1v) is 6.57. The summed E-state index contributed by atoms with van der Waals surface area (Å²) in [6, 6.07) is 9.59. The maximum absolute atomic E-state index is 11.9. The van der Waals surface area contributed by atoms with Crippen molar-refractivity contribution < 1.29 is 27.6 Å². The van der Waals surface area contributed by atoms with Gasteiger partial charge in [0.1, 0.15) is 4.90 Å². The Morgan fingerprint density at radius 1 is 1.05 bits per heavy atom. The number of benzene rings is 1. The van der Waals surface area contributed by atoms with Crippen LogP contribution in [-0.2, 0) is 10.1 Å². The first-order chi connectivity index (χ1) is 8.99. The Hall–Kier alpha value is -2.48. The van der Waals surface area contributed by atoms with Crippen molar-refractivity contribution in [3.8, 4) is 0 Å². The Morgan fingerprint density at radius 3 is 2.16 bits per heavy atom. The van der Waals surface area contributed by atoms with Crippen molar-refractivity contribution in [3.05, 3.63) is 59.8 Å². The van der Waals surface area contributed by atoms with Crippen LogP contribution < -0.4 is 9.01 Å². The minimum Gasteiger partial charge on any atom is -0.241 e. The lowest BCUT2D eigenvalue weighted by molar-refractivity contribution is -0.856. The summed E-state index contributed by atoms with van der Waals surface area (Å²) in [6.07, 6.45) is 2.86. The molecule has 2 aromatic rings. The molecule has 1 aromatic heterocycles. The SMILES string of the molecule is O=[N+](O)c1ccc(S(=O)(=O)O[n+]2ccccc2)cc1. The topological polar surface area (TPSA) is 87.6 Å². The smallest absolute Gasteiger partial charge is 0.241 e. The van der Waals surface area contributed by atoms with E-state index in [1.807, 2.05) is 0 Å². The second kappa shape index (κ2) is 5.02. The molecule has 0 saturated heterocycles. The predicted octanol–water partition coefficient (Wildman–Crippen LogP) is 0.591. The molecule has 2 rings (SSSR count). The molecule has 98 valence electrons. The van der Waals surface area contributed by atoms with Crippen LogP contribution in [0, 0.1) is 4.91 Å². The number of hydrogen-bond donors (Lipinski definition) is 1. The van der Waals surface area contributed by atoms with Crippen molar-refractivity contribution in [3.63, 3.8) is 0 Å². The number of aromatic nitrogens is 1. The highest BCUT2D eigenvalue weighted by molar-refractivity contribution is 7.86. The van der Waals surface area contributed by atoms with Crippen LogP contribution in [0.25, 0.3) is 0 Å². The Labute approximate surface area is 108 Å². The van der Waals surface area contributed by atoms with E-state index in [4.69, 9.17) is 9.49 Å². The lowest BCUT2D eigenvalue weighted by atomic mass is 10.3. The second-order valence-electron chi connectivity index (χ2n) is 3.53. The minimum absolute atomic E-state index is 0.0775. The molecule has 19 heavy (non-hydrogen) atoms. The molecule has 7 nitrogen and oxygen atoms in total. The van der Waals surface area contributed by atoms with E-state index in [2.05, 4.69) is 0 Å². The van der Waals surface area contributed by atoms with Crippen LogP contribution in [0.1, 0.15) is 0 Å². The Kier molecular flexibility index (Phi) is 3.43. The Balaban J connectivity index is 2.27. The molecule has 0 bridgehead atoms. The van der Waals surface area contributed by atoms with Crippen molar-refractivity contribution in [1.82, 2.24) is 0 Å². The quantitative estimate of drug-likeness (QED) is 0.655. The molecule has 1 N–H and O–H groups in total. The fraction of sp³-hybridized carbons (Fsp3) is 0. The molecule has 0 aliphatic heterocycles. The van der Waals surface area contributed by atoms with Gasteiger partial charge in [-0.25, -0.2) is 5.21 Å². The van der Waals surface area contributed by atoms with Gasteiger partial charge in [-0.15, -0.1) is 4.28 Å². The average Bonchev–Trinajstić information content (AvgIpc) is 2.39. The van der Waals surface area contributed by atoms with Crippen LogP contribution >= 0.6 is 0 Å². The van der Waals surface area contributed by atoms with Crippen LogP contribution in [0.2, 0.25) is 0 Å². The van der Waals surface area contributed by atoms with Gasteiger partial charge in [0.2, 0.25) is 12.4 Å². The third-order valence-corrected chi connectivity index (χ3v) is 3.44. The van der Waals surface area contributed by atoms with Crippen LogP contribution in [0.15, 0.2) is 59.8 Å². The summed E-state index contributed by atoms with van der Waals surface area (Å²) in [6.45, 7) is 0. The first-order valence-electron chi connectivity index (χ1n) is 5.16. The second-order valence-corrected chi connectivity index (χ2v) is 5.06. The molecule has 0 radical (unpaired) electrons. The average molecular weight is 282 g/mol. The van der Waals surface area contributed by atoms with Crippen LogP contribution in [0.4, 0.5) is 5.69 Å². The standard InChI is InChI=1S/C11H10N2O5S/c14-13(15)10-4-6-11(7-5-10)19(16,17)18-12-8-2-1-3-9-12/h1-9H,(H,14,15)/q+2. The van der Waals surface area contributed by atoms with Crippen molar-refractivity contribution in [1.29, 1.82) is 0 Å². The van der Waals surface area contributed by atoms with E-state index in [1.54, 1.807) is 18.2 Å². The lowest BCUT2D eigenvalue weighted by Crippen LogP contribution is -2.44. The van der Waals surface area contributed by atoms with E-state index in [0.717, 1.165) is 16.9 Å². The zero-order valence-electron chi connectivity index (χ0n) is 9.58. The number of hydrogen-bond acceptors (Lipinski definition) is 4. The number of rotatable bonds is 4. The monoisotopic (exact) mass is 282 g/mol. The van der Waals surface area contributed by atoms with E-state index in [9.17, 15) is 13.3 Å². The van der Waals surface area contributed by atoms with Crippen molar-refractivity contribution in [2.24, 2.45) is 0 Å². The normalized spacial score (nSPS) is 10.9. The molecule has 0 saturated carbocycles. The van der Waals surface area contributed by atoms with Gasteiger partial charge in [0.05, 0.1) is 4.91 Å². The number of pyridine rings is 1. The zero-order chi connectivity index (χ0) is 13.9.